The maximum atomic E-state index is 11.6. The molecule has 1 atom stereocenters. The van der Waals surface area contributed by atoms with Crippen LogP contribution >= 0.6 is 11.6 Å². The number of rotatable bonds is 2. The number of benzene rings is 1. The molecule has 3 rings (SSSR count). The zero-order valence-corrected chi connectivity index (χ0v) is 11.9. The van der Waals surface area contributed by atoms with E-state index in [-0.39, 0.29) is 11.9 Å². The van der Waals surface area contributed by atoms with Gasteiger partial charge in [0.15, 0.2) is 0 Å². The molecule has 5 heteroatoms. The lowest BCUT2D eigenvalue weighted by Crippen LogP contribution is -2.27. The summed E-state index contributed by atoms with van der Waals surface area (Å²) in [6.07, 6.45) is 3.56. The number of fused-ring (bicyclic) bond motifs is 1. The first-order valence-electron chi connectivity index (χ1n) is 6.57. The van der Waals surface area contributed by atoms with Gasteiger partial charge in [0.25, 0.3) is 0 Å². The highest BCUT2D eigenvalue weighted by molar-refractivity contribution is 6.30. The highest BCUT2D eigenvalue weighted by Crippen LogP contribution is 2.26. The third-order valence-electron chi connectivity index (χ3n) is 3.65. The lowest BCUT2D eigenvalue weighted by atomic mass is 10.00. The van der Waals surface area contributed by atoms with Crippen molar-refractivity contribution in [3.63, 3.8) is 0 Å². The van der Waals surface area contributed by atoms with E-state index in [9.17, 15) is 4.79 Å². The smallest absolute Gasteiger partial charge is 0.310 e. The van der Waals surface area contributed by atoms with Crippen molar-refractivity contribution in [1.82, 2.24) is 9.55 Å². The van der Waals surface area contributed by atoms with Crippen molar-refractivity contribution in [2.45, 2.75) is 19.4 Å². The molecule has 0 saturated heterocycles. The monoisotopic (exact) mass is 290 g/mol. The van der Waals surface area contributed by atoms with Crippen molar-refractivity contribution in [3.05, 3.63) is 41.3 Å². The Balaban J connectivity index is 1.89. The van der Waals surface area contributed by atoms with E-state index in [4.69, 9.17) is 16.3 Å². The van der Waals surface area contributed by atoms with E-state index in [1.807, 2.05) is 35.0 Å². The molecule has 0 fully saturated rings. The normalized spacial score (nSPS) is 17.6. The molecule has 0 bridgehead atoms. The van der Waals surface area contributed by atoms with Crippen LogP contribution in [0.5, 0.6) is 0 Å². The Kier molecular flexibility index (Phi) is 3.49. The second-order valence-corrected chi connectivity index (χ2v) is 5.40. The highest BCUT2D eigenvalue weighted by atomic mass is 35.5. The van der Waals surface area contributed by atoms with Crippen molar-refractivity contribution in [3.8, 4) is 11.3 Å². The second-order valence-electron chi connectivity index (χ2n) is 4.96. The molecule has 1 unspecified atom stereocenters. The molecule has 2 heterocycles. The van der Waals surface area contributed by atoms with Gasteiger partial charge in [-0.1, -0.05) is 23.7 Å². The summed E-state index contributed by atoms with van der Waals surface area (Å²) < 4.78 is 6.86. The van der Waals surface area contributed by atoms with Crippen LogP contribution in [-0.4, -0.2) is 22.6 Å². The number of carbonyl (C=O) groups excluding carboxylic acids is 1. The lowest BCUT2D eigenvalue weighted by Gasteiger charge is -2.21. The van der Waals surface area contributed by atoms with E-state index < -0.39 is 0 Å². The summed E-state index contributed by atoms with van der Waals surface area (Å²) in [6, 6.07) is 7.63. The van der Waals surface area contributed by atoms with E-state index in [0.29, 0.717) is 11.6 Å². The number of halogens is 1. The van der Waals surface area contributed by atoms with Crippen LogP contribution in [0.1, 0.15) is 12.2 Å². The molecule has 0 amide bonds. The van der Waals surface area contributed by atoms with Gasteiger partial charge in [-0.3, -0.25) is 4.79 Å². The highest BCUT2D eigenvalue weighted by Gasteiger charge is 2.26. The average Bonchev–Trinajstić information content (AvgIpc) is 2.89. The molecule has 2 aromatic rings. The number of aryl methyl sites for hydroxylation is 1. The molecule has 1 aliphatic rings. The van der Waals surface area contributed by atoms with Crippen molar-refractivity contribution in [1.29, 1.82) is 0 Å². The van der Waals surface area contributed by atoms with E-state index in [1.54, 1.807) is 0 Å². The first-order valence-corrected chi connectivity index (χ1v) is 6.95. The summed E-state index contributed by atoms with van der Waals surface area (Å²) >= 11 is 6.01. The summed E-state index contributed by atoms with van der Waals surface area (Å²) in [5.41, 5.74) is 1.89. The molecular weight excluding hydrogens is 276 g/mol. The molecule has 1 aromatic heterocycles. The average molecular weight is 291 g/mol. The van der Waals surface area contributed by atoms with Crippen LogP contribution in [0, 0.1) is 5.92 Å². The van der Waals surface area contributed by atoms with Gasteiger partial charge in [0.2, 0.25) is 0 Å². The molecule has 0 aliphatic carbocycles. The number of carbonyl (C=O) groups is 1. The minimum Gasteiger partial charge on any atom is -0.469 e. The zero-order valence-electron chi connectivity index (χ0n) is 11.2. The number of imidazole rings is 1. The number of ether oxygens (including phenoxy) is 1. The third-order valence-corrected chi connectivity index (χ3v) is 3.88. The van der Waals surface area contributed by atoms with Crippen molar-refractivity contribution in [2.75, 3.05) is 7.11 Å². The summed E-state index contributed by atoms with van der Waals surface area (Å²) in [7, 11) is 1.43. The predicted molar refractivity (Wildman–Crippen MR) is 76.5 cm³/mol. The van der Waals surface area contributed by atoms with Gasteiger partial charge in [0, 0.05) is 29.7 Å². The standard InChI is InChI=1S/C15H15ClN2O2/c1-20-15(19)11-5-6-14-17-13(9-18(14)8-11)10-3-2-4-12(16)7-10/h2-4,7,9,11H,5-6,8H2,1H3. The van der Waals surface area contributed by atoms with Crippen molar-refractivity contribution in [2.24, 2.45) is 5.92 Å². The van der Waals surface area contributed by atoms with Gasteiger partial charge in [0.05, 0.1) is 18.7 Å². The zero-order chi connectivity index (χ0) is 14.1. The van der Waals surface area contributed by atoms with Gasteiger partial charge in [-0.05, 0) is 18.6 Å². The number of hydrogen-bond acceptors (Lipinski definition) is 3. The molecule has 4 nitrogen and oxygen atoms in total. The summed E-state index contributed by atoms with van der Waals surface area (Å²) in [5, 5.41) is 0.695. The van der Waals surface area contributed by atoms with E-state index in [1.165, 1.54) is 7.11 Å². The van der Waals surface area contributed by atoms with Crippen LogP contribution in [0.15, 0.2) is 30.5 Å². The maximum Gasteiger partial charge on any atom is 0.310 e. The van der Waals surface area contributed by atoms with E-state index in [0.717, 1.165) is 29.9 Å². The summed E-state index contributed by atoms with van der Waals surface area (Å²) in [4.78, 5) is 16.3. The molecule has 104 valence electrons. The van der Waals surface area contributed by atoms with Crippen LogP contribution < -0.4 is 0 Å². The van der Waals surface area contributed by atoms with Crippen LogP contribution in [0.3, 0.4) is 0 Å². The predicted octanol–water partition coefficient (Wildman–Crippen LogP) is 2.94. The Morgan fingerprint density at radius 2 is 2.35 bits per heavy atom. The number of nitrogens with zero attached hydrogens (tertiary/aromatic N) is 2. The largest absolute Gasteiger partial charge is 0.469 e. The molecule has 1 aromatic carbocycles. The van der Waals surface area contributed by atoms with Crippen LogP contribution in [0.25, 0.3) is 11.3 Å². The summed E-state index contributed by atoms with van der Waals surface area (Å²) in [6.45, 7) is 0.634. The fraction of sp³-hybridized carbons (Fsp3) is 0.333. The van der Waals surface area contributed by atoms with Gasteiger partial charge in [-0.25, -0.2) is 4.98 Å². The molecule has 20 heavy (non-hydrogen) atoms. The minimum atomic E-state index is -0.145. The summed E-state index contributed by atoms with van der Waals surface area (Å²) in [5.74, 6) is 0.794. The quantitative estimate of drug-likeness (QED) is 0.799. The molecule has 0 radical (unpaired) electrons. The van der Waals surface area contributed by atoms with Crippen LogP contribution in [0.2, 0.25) is 5.02 Å². The van der Waals surface area contributed by atoms with E-state index in [2.05, 4.69) is 4.98 Å². The van der Waals surface area contributed by atoms with Crippen LogP contribution in [-0.2, 0) is 22.5 Å². The molecule has 0 spiro atoms. The number of hydrogen-bond donors (Lipinski definition) is 0. The molecular formula is C15H15ClN2O2. The van der Waals surface area contributed by atoms with Gasteiger partial charge >= 0.3 is 5.97 Å². The Morgan fingerprint density at radius 3 is 3.10 bits per heavy atom. The molecule has 0 saturated carbocycles. The second kappa shape index (κ2) is 5.29. The topological polar surface area (TPSA) is 44.1 Å². The number of aromatic nitrogens is 2. The van der Waals surface area contributed by atoms with Gasteiger partial charge in [0.1, 0.15) is 5.82 Å². The number of esters is 1. The molecule has 0 N–H and O–H groups in total. The SMILES string of the molecule is COC(=O)C1CCc2nc(-c3cccc(Cl)c3)cn2C1. The third kappa shape index (κ3) is 2.43. The lowest BCUT2D eigenvalue weighted by molar-refractivity contribution is -0.146. The minimum absolute atomic E-state index is 0.0751. The first-order chi connectivity index (χ1) is 9.67. The molecule has 1 aliphatic heterocycles. The Hall–Kier alpha value is -1.81. The Bertz CT molecular complexity index is 651. The fourth-order valence-electron chi connectivity index (χ4n) is 2.59. The van der Waals surface area contributed by atoms with Gasteiger partial charge < -0.3 is 9.30 Å². The van der Waals surface area contributed by atoms with Gasteiger partial charge in [-0.2, -0.15) is 0 Å². The number of methoxy groups -OCH3 is 1. The fourth-order valence-corrected chi connectivity index (χ4v) is 2.78. The Morgan fingerprint density at radius 1 is 1.50 bits per heavy atom. The first kappa shape index (κ1) is 13.2. The van der Waals surface area contributed by atoms with Gasteiger partial charge in [-0.15, -0.1) is 0 Å². The maximum absolute atomic E-state index is 11.6. The van der Waals surface area contributed by atoms with Crippen molar-refractivity contribution >= 4 is 17.6 Å². The Labute approximate surface area is 122 Å². The van der Waals surface area contributed by atoms with E-state index >= 15 is 0 Å². The van der Waals surface area contributed by atoms with Crippen molar-refractivity contribution < 1.29 is 9.53 Å². The van der Waals surface area contributed by atoms with Crippen LogP contribution in [0.4, 0.5) is 0 Å².